The number of hydrogen-bond donors (Lipinski definition) is 1. The Balaban J connectivity index is 2.02. The second-order valence-corrected chi connectivity index (χ2v) is 5.33. The first-order valence-electron chi connectivity index (χ1n) is 7.46. The number of para-hydroxylation sites is 1. The van der Waals surface area contributed by atoms with Gasteiger partial charge in [0.05, 0.1) is 25.9 Å². The molecule has 1 unspecified atom stereocenters. The predicted octanol–water partition coefficient (Wildman–Crippen LogP) is 1.04. The highest BCUT2D eigenvalue weighted by Crippen LogP contribution is 2.19. The number of anilines is 1. The minimum Gasteiger partial charge on any atom is -0.394 e. The number of carbonyl (C=O) groups excluding carboxylic acids is 1. The van der Waals surface area contributed by atoms with Crippen LogP contribution in [-0.4, -0.2) is 61.4 Å². The van der Waals surface area contributed by atoms with Gasteiger partial charge < -0.3 is 14.7 Å². The van der Waals surface area contributed by atoms with E-state index >= 15 is 0 Å². The van der Waals surface area contributed by atoms with E-state index in [2.05, 4.69) is 0 Å². The summed E-state index contributed by atoms with van der Waals surface area (Å²) in [5.41, 5.74) is 2.07. The van der Waals surface area contributed by atoms with Gasteiger partial charge in [-0.15, -0.1) is 0 Å². The number of morpholine rings is 1. The molecule has 1 N–H and O–H groups in total. The minimum atomic E-state index is -0.180. The van der Waals surface area contributed by atoms with Gasteiger partial charge in [0, 0.05) is 25.3 Å². The third-order valence-electron chi connectivity index (χ3n) is 3.81. The van der Waals surface area contributed by atoms with E-state index in [1.807, 2.05) is 47.9 Å². The van der Waals surface area contributed by atoms with E-state index in [0.29, 0.717) is 26.2 Å². The highest BCUT2D eigenvalue weighted by molar-refractivity contribution is 5.95. The fraction of sp³-hybridized carbons (Fsp3) is 0.562. The number of likely N-dealkylation sites (N-methyl/N-ethyl adjacent to an activating group) is 1. The summed E-state index contributed by atoms with van der Waals surface area (Å²) < 4.78 is 5.41. The lowest BCUT2D eigenvalue weighted by atomic mass is 10.1. The van der Waals surface area contributed by atoms with E-state index in [-0.39, 0.29) is 18.6 Å². The molecule has 1 aromatic carbocycles. The largest absolute Gasteiger partial charge is 0.394 e. The van der Waals surface area contributed by atoms with Crippen LogP contribution < -0.4 is 4.90 Å². The van der Waals surface area contributed by atoms with E-state index in [1.54, 1.807) is 0 Å². The maximum absolute atomic E-state index is 12.6. The summed E-state index contributed by atoms with van der Waals surface area (Å²) in [5, 5.41) is 9.17. The van der Waals surface area contributed by atoms with Crippen LogP contribution in [0.15, 0.2) is 24.3 Å². The number of ether oxygens (including phenoxy) is 1. The first kappa shape index (κ1) is 15.9. The predicted molar refractivity (Wildman–Crippen MR) is 82.5 cm³/mol. The molecule has 0 aliphatic carbocycles. The van der Waals surface area contributed by atoms with Crippen LogP contribution in [0.4, 0.5) is 5.69 Å². The summed E-state index contributed by atoms with van der Waals surface area (Å²) in [6, 6.07) is 7.92. The maximum atomic E-state index is 12.6. The Kier molecular flexibility index (Phi) is 5.73. The number of hydrogen-bond acceptors (Lipinski definition) is 4. The second-order valence-electron chi connectivity index (χ2n) is 5.33. The van der Waals surface area contributed by atoms with Crippen LogP contribution >= 0.6 is 0 Å². The Hall–Kier alpha value is -1.43. The SMILES string of the molecule is CCN(C(=O)CN1CCOC(CO)C1)c1ccccc1C. The molecule has 5 heteroatoms. The molecular weight excluding hydrogens is 268 g/mol. The highest BCUT2D eigenvalue weighted by Gasteiger charge is 2.24. The van der Waals surface area contributed by atoms with Crippen molar-refractivity contribution in [2.24, 2.45) is 0 Å². The second kappa shape index (κ2) is 7.54. The zero-order valence-corrected chi connectivity index (χ0v) is 12.8. The number of amides is 1. The van der Waals surface area contributed by atoms with Gasteiger partial charge in [-0.1, -0.05) is 18.2 Å². The van der Waals surface area contributed by atoms with Gasteiger partial charge in [-0.3, -0.25) is 9.69 Å². The van der Waals surface area contributed by atoms with Crippen LogP contribution in [0.25, 0.3) is 0 Å². The Morgan fingerprint density at radius 1 is 1.48 bits per heavy atom. The Morgan fingerprint density at radius 2 is 2.24 bits per heavy atom. The molecule has 0 saturated carbocycles. The van der Waals surface area contributed by atoms with Crippen LogP contribution in [0.5, 0.6) is 0 Å². The number of aliphatic hydroxyl groups excluding tert-OH is 1. The lowest BCUT2D eigenvalue weighted by Crippen LogP contribution is -2.49. The van der Waals surface area contributed by atoms with E-state index < -0.39 is 0 Å². The van der Waals surface area contributed by atoms with Crippen LogP contribution in [0.3, 0.4) is 0 Å². The van der Waals surface area contributed by atoms with Gasteiger partial charge in [0.25, 0.3) is 0 Å². The van der Waals surface area contributed by atoms with E-state index in [4.69, 9.17) is 9.84 Å². The summed E-state index contributed by atoms with van der Waals surface area (Å²) in [5.74, 6) is 0.0883. The minimum absolute atomic E-state index is 0.0000239. The highest BCUT2D eigenvalue weighted by atomic mass is 16.5. The lowest BCUT2D eigenvalue weighted by molar-refractivity contribution is -0.122. The molecule has 116 valence electrons. The molecule has 1 amide bonds. The molecule has 2 rings (SSSR count). The van der Waals surface area contributed by atoms with Crippen molar-refractivity contribution in [2.45, 2.75) is 20.0 Å². The van der Waals surface area contributed by atoms with Crippen molar-refractivity contribution in [1.82, 2.24) is 4.90 Å². The number of aryl methyl sites for hydroxylation is 1. The van der Waals surface area contributed by atoms with Gasteiger partial charge in [0.15, 0.2) is 0 Å². The summed E-state index contributed by atoms with van der Waals surface area (Å²) >= 11 is 0. The smallest absolute Gasteiger partial charge is 0.241 e. The summed E-state index contributed by atoms with van der Waals surface area (Å²) in [6.07, 6.45) is -0.180. The molecule has 1 aromatic rings. The van der Waals surface area contributed by atoms with Crippen molar-refractivity contribution in [3.63, 3.8) is 0 Å². The lowest BCUT2D eigenvalue weighted by Gasteiger charge is -2.33. The monoisotopic (exact) mass is 292 g/mol. The molecule has 1 atom stereocenters. The maximum Gasteiger partial charge on any atom is 0.241 e. The molecule has 0 spiro atoms. The van der Waals surface area contributed by atoms with Crippen molar-refractivity contribution in [3.05, 3.63) is 29.8 Å². The fourth-order valence-electron chi connectivity index (χ4n) is 2.66. The number of benzene rings is 1. The zero-order valence-electron chi connectivity index (χ0n) is 12.8. The third-order valence-corrected chi connectivity index (χ3v) is 3.81. The molecule has 1 aliphatic rings. The quantitative estimate of drug-likeness (QED) is 0.881. The van der Waals surface area contributed by atoms with Crippen LogP contribution in [-0.2, 0) is 9.53 Å². The van der Waals surface area contributed by atoms with Crippen molar-refractivity contribution < 1.29 is 14.6 Å². The van der Waals surface area contributed by atoms with Crippen molar-refractivity contribution >= 4 is 11.6 Å². The van der Waals surface area contributed by atoms with Gasteiger partial charge in [0.2, 0.25) is 5.91 Å². The van der Waals surface area contributed by atoms with Gasteiger partial charge in [-0.05, 0) is 25.5 Å². The Morgan fingerprint density at radius 3 is 2.90 bits per heavy atom. The molecule has 0 bridgehead atoms. The standard InChI is InChI=1S/C16H24N2O3/c1-3-18(15-7-5-4-6-13(15)2)16(20)11-17-8-9-21-14(10-17)12-19/h4-7,14,19H,3,8-12H2,1-2H3. The molecular formula is C16H24N2O3. The Bertz CT molecular complexity index is 478. The normalized spacial score (nSPS) is 19.5. The summed E-state index contributed by atoms with van der Waals surface area (Å²) in [4.78, 5) is 16.4. The Labute approximate surface area is 126 Å². The number of rotatable bonds is 5. The first-order valence-corrected chi connectivity index (χ1v) is 7.46. The van der Waals surface area contributed by atoms with Gasteiger partial charge in [0.1, 0.15) is 0 Å². The number of nitrogens with zero attached hydrogens (tertiary/aromatic N) is 2. The number of aliphatic hydroxyl groups is 1. The average Bonchev–Trinajstić information content (AvgIpc) is 2.50. The van der Waals surface area contributed by atoms with Crippen molar-refractivity contribution in [1.29, 1.82) is 0 Å². The molecule has 1 fully saturated rings. The van der Waals surface area contributed by atoms with Crippen LogP contribution in [0.2, 0.25) is 0 Å². The fourth-order valence-corrected chi connectivity index (χ4v) is 2.66. The molecule has 0 radical (unpaired) electrons. The molecule has 1 aliphatic heterocycles. The van der Waals surface area contributed by atoms with E-state index in [0.717, 1.165) is 17.8 Å². The molecule has 0 aromatic heterocycles. The summed E-state index contributed by atoms with van der Waals surface area (Å²) in [6.45, 7) is 6.91. The topological polar surface area (TPSA) is 53.0 Å². The molecule has 1 heterocycles. The van der Waals surface area contributed by atoms with E-state index in [9.17, 15) is 4.79 Å². The summed E-state index contributed by atoms with van der Waals surface area (Å²) in [7, 11) is 0. The zero-order chi connectivity index (χ0) is 15.2. The van der Waals surface area contributed by atoms with Crippen LogP contribution in [0.1, 0.15) is 12.5 Å². The molecule has 5 nitrogen and oxygen atoms in total. The van der Waals surface area contributed by atoms with Gasteiger partial charge in [-0.2, -0.15) is 0 Å². The third kappa shape index (κ3) is 4.03. The van der Waals surface area contributed by atoms with Crippen molar-refractivity contribution in [3.8, 4) is 0 Å². The average molecular weight is 292 g/mol. The van der Waals surface area contributed by atoms with Gasteiger partial charge in [-0.25, -0.2) is 0 Å². The van der Waals surface area contributed by atoms with Crippen molar-refractivity contribution in [2.75, 3.05) is 44.3 Å². The van der Waals surface area contributed by atoms with E-state index in [1.165, 1.54) is 0 Å². The van der Waals surface area contributed by atoms with Crippen LogP contribution in [0, 0.1) is 6.92 Å². The first-order chi connectivity index (χ1) is 10.2. The molecule has 21 heavy (non-hydrogen) atoms. The van der Waals surface area contributed by atoms with Gasteiger partial charge >= 0.3 is 0 Å². The molecule has 1 saturated heterocycles. The number of carbonyl (C=O) groups is 1.